The zero-order chi connectivity index (χ0) is 13.4. The third-order valence-electron chi connectivity index (χ3n) is 2.27. The number of nitrogens with one attached hydrogen (secondary N) is 1. The molecule has 0 saturated heterocycles. The van der Waals surface area contributed by atoms with Crippen LogP contribution in [0.3, 0.4) is 0 Å². The smallest absolute Gasteiger partial charge is 0.165 e. The number of pyridine rings is 1. The molecule has 0 aliphatic heterocycles. The van der Waals surface area contributed by atoms with Crippen LogP contribution >= 0.6 is 0 Å². The first-order valence-corrected chi connectivity index (χ1v) is 5.76. The summed E-state index contributed by atoms with van der Waals surface area (Å²) in [6.07, 6.45) is 0. The molecule has 0 saturated carbocycles. The summed E-state index contributed by atoms with van der Waals surface area (Å²) in [4.78, 5) is 6.14. The second-order valence-corrected chi connectivity index (χ2v) is 4.09. The highest BCUT2D eigenvalue weighted by Gasteiger charge is 2.01. The van der Waals surface area contributed by atoms with Crippen molar-refractivity contribution >= 4 is 11.5 Å². The summed E-state index contributed by atoms with van der Waals surface area (Å²) in [5.74, 6) is 0.636. The standard InChI is InChI=1S/C12H19N5O/c1-17(2)6-8-18-7-5-15-12-4-3-10(14)11(9-13)16-12/h3-4H,5-8,14H2,1-2H3,(H,15,16). The highest BCUT2D eigenvalue weighted by Crippen LogP contribution is 2.11. The molecule has 0 aliphatic rings. The number of anilines is 2. The number of ether oxygens (including phenoxy) is 1. The van der Waals surface area contributed by atoms with Gasteiger partial charge < -0.3 is 20.7 Å². The van der Waals surface area contributed by atoms with Gasteiger partial charge in [0.1, 0.15) is 11.9 Å². The van der Waals surface area contributed by atoms with Crippen molar-refractivity contribution in [3.63, 3.8) is 0 Å². The van der Waals surface area contributed by atoms with Crippen molar-refractivity contribution in [2.24, 2.45) is 0 Å². The lowest BCUT2D eigenvalue weighted by molar-refractivity contribution is 0.126. The van der Waals surface area contributed by atoms with Gasteiger partial charge in [-0.25, -0.2) is 4.98 Å². The molecular formula is C12H19N5O. The Morgan fingerprint density at radius 1 is 1.44 bits per heavy atom. The van der Waals surface area contributed by atoms with E-state index in [1.165, 1.54) is 0 Å². The molecule has 3 N–H and O–H groups in total. The zero-order valence-corrected chi connectivity index (χ0v) is 10.8. The number of hydrogen-bond donors (Lipinski definition) is 2. The molecule has 0 amide bonds. The molecule has 1 aromatic heterocycles. The fourth-order valence-corrected chi connectivity index (χ4v) is 1.26. The number of rotatable bonds is 7. The summed E-state index contributed by atoms with van der Waals surface area (Å²) in [7, 11) is 4.01. The minimum atomic E-state index is 0.244. The van der Waals surface area contributed by atoms with Gasteiger partial charge in [0.05, 0.1) is 18.9 Å². The molecule has 6 heteroatoms. The summed E-state index contributed by atoms with van der Waals surface area (Å²) >= 11 is 0. The fourth-order valence-electron chi connectivity index (χ4n) is 1.26. The van der Waals surface area contributed by atoms with Crippen LogP contribution in [0.4, 0.5) is 11.5 Å². The molecule has 0 atom stereocenters. The van der Waals surface area contributed by atoms with Crippen LogP contribution in [0.2, 0.25) is 0 Å². The third kappa shape index (κ3) is 4.99. The second-order valence-electron chi connectivity index (χ2n) is 4.09. The van der Waals surface area contributed by atoms with E-state index in [1.54, 1.807) is 12.1 Å². The van der Waals surface area contributed by atoms with Crippen molar-refractivity contribution in [2.75, 3.05) is 51.4 Å². The number of nitrogen functional groups attached to an aromatic ring is 1. The van der Waals surface area contributed by atoms with Gasteiger partial charge in [-0.3, -0.25) is 0 Å². The molecule has 0 aliphatic carbocycles. The van der Waals surface area contributed by atoms with E-state index in [0.29, 0.717) is 31.3 Å². The minimum Gasteiger partial charge on any atom is -0.396 e. The molecule has 98 valence electrons. The lowest BCUT2D eigenvalue weighted by Crippen LogP contribution is -2.20. The molecule has 0 spiro atoms. The Morgan fingerprint density at radius 3 is 2.89 bits per heavy atom. The van der Waals surface area contributed by atoms with Crippen LogP contribution in [0.25, 0.3) is 0 Å². The van der Waals surface area contributed by atoms with E-state index in [0.717, 1.165) is 6.54 Å². The van der Waals surface area contributed by atoms with Crippen molar-refractivity contribution in [2.45, 2.75) is 0 Å². The molecule has 1 rings (SSSR count). The van der Waals surface area contributed by atoms with E-state index < -0.39 is 0 Å². The fraction of sp³-hybridized carbons (Fsp3) is 0.500. The van der Waals surface area contributed by atoms with Gasteiger partial charge in [0.15, 0.2) is 5.69 Å². The zero-order valence-electron chi connectivity index (χ0n) is 10.8. The van der Waals surface area contributed by atoms with Crippen LogP contribution in [0.1, 0.15) is 5.69 Å². The number of nitrogens with zero attached hydrogens (tertiary/aromatic N) is 3. The van der Waals surface area contributed by atoms with Crippen LogP contribution in [0, 0.1) is 11.3 Å². The number of nitrogens with two attached hydrogens (primary N) is 1. The summed E-state index contributed by atoms with van der Waals surface area (Å²) in [6, 6.07) is 5.36. The van der Waals surface area contributed by atoms with Gasteiger partial charge in [-0.1, -0.05) is 0 Å². The van der Waals surface area contributed by atoms with Gasteiger partial charge in [0.25, 0.3) is 0 Å². The number of nitriles is 1. The molecule has 0 unspecified atom stereocenters. The molecule has 0 radical (unpaired) electrons. The van der Waals surface area contributed by atoms with E-state index in [9.17, 15) is 0 Å². The summed E-state index contributed by atoms with van der Waals surface area (Å²) in [5, 5.41) is 11.9. The quantitative estimate of drug-likeness (QED) is 0.685. The number of aromatic nitrogens is 1. The normalized spacial score (nSPS) is 10.3. The van der Waals surface area contributed by atoms with Gasteiger partial charge in [-0.2, -0.15) is 5.26 Å². The maximum absolute atomic E-state index is 8.79. The Kier molecular flexibility index (Phi) is 5.91. The first-order valence-electron chi connectivity index (χ1n) is 5.76. The first-order chi connectivity index (χ1) is 8.63. The van der Waals surface area contributed by atoms with Crippen LogP contribution < -0.4 is 11.1 Å². The van der Waals surface area contributed by atoms with E-state index in [-0.39, 0.29) is 5.69 Å². The molecule has 0 fully saturated rings. The van der Waals surface area contributed by atoms with Crippen LogP contribution in [-0.4, -0.2) is 50.3 Å². The molecule has 1 aromatic rings. The summed E-state index contributed by atoms with van der Waals surface area (Å²) in [6.45, 7) is 2.85. The Bertz CT molecular complexity index is 413. The molecule has 1 heterocycles. The maximum Gasteiger partial charge on any atom is 0.165 e. The van der Waals surface area contributed by atoms with Crippen molar-refractivity contribution in [3.05, 3.63) is 17.8 Å². The monoisotopic (exact) mass is 249 g/mol. The van der Waals surface area contributed by atoms with Gasteiger partial charge in [0, 0.05) is 13.1 Å². The number of hydrogen-bond acceptors (Lipinski definition) is 6. The Hall–Kier alpha value is -1.84. The average Bonchev–Trinajstić information content (AvgIpc) is 2.35. The Labute approximate surface area is 107 Å². The van der Waals surface area contributed by atoms with E-state index in [1.807, 2.05) is 20.2 Å². The van der Waals surface area contributed by atoms with Gasteiger partial charge in [-0.15, -0.1) is 0 Å². The van der Waals surface area contributed by atoms with Crippen LogP contribution in [0.5, 0.6) is 0 Å². The predicted molar refractivity (Wildman–Crippen MR) is 71.2 cm³/mol. The van der Waals surface area contributed by atoms with Crippen molar-refractivity contribution in [1.82, 2.24) is 9.88 Å². The van der Waals surface area contributed by atoms with Gasteiger partial charge >= 0.3 is 0 Å². The lowest BCUT2D eigenvalue weighted by Gasteiger charge is -2.10. The Balaban J connectivity index is 2.26. The van der Waals surface area contributed by atoms with Crippen molar-refractivity contribution < 1.29 is 4.74 Å². The first kappa shape index (κ1) is 14.2. The summed E-state index contributed by atoms with van der Waals surface area (Å²) in [5.41, 5.74) is 6.22. The maximum atomic E-state index is 8.79. The second kappa shape index (κ2) is 7.48. The molecule has 0 aromatic carbocycles. The topological polar surface area (TPSA) is 87.2 Å². The Morgan fingerprint density at radius 2 is 2.22 bits per heavy atom. The van der Waals surface area contributed by atoms with Gasteiger partial charge in [0.2, 0.25) is 0 Å². The molecular weight excluding hydrogens is 230 g/mol. The minimum absolute atomic E-state index is 0.244. The van der Waals surface area contributed by atoms with Crippen LogP contribution in [-0.2, 0) is 4.74 Å². The predicted octanol–water partition coefficient (Wildman–Crippen LogP) is 0.526. The van der Waals surface area contributed by atoms with Crippen molar-refractivity contribution in [1.29, 1.82) is 5.26 Å². The van der Waals surface area contributed by atoms with E-state index >= 15 is 0 Å². The molecule has 18 heavy (non-hydrogen) atoms. The largest absolute Gasteiger partial charge is 0.396 e. The molecule has 0 bridgehead atoms. The lowest BCUT2D eigenvalue weighted by atomic mass is 10.3. The van der Waals surface area contributed by atoms with E-state index in [4.69, 9.17) is 15.7 Å². The summed E-state index contributed by atoms with van der Waals surface area (Å²) < 4.78 is 5.42. The van der Waals surface area contributed by atoms with Crippen molar-refractivity contribution in [3.8, 4) is 6.07 Å². The van der Waals surface area contributed by atoms with Gasteiger partial charge in [-0.05, 0) is 26.2 Å². The average molecular weight is 249 g/mol. The highest BCUT2D eigenvalue weighted by atomic mass is 16.5. The highest BCUT2D eigenvalue weighted by molar-refractivity contribution is 5.54. The third-order valence-corrected chi connectivity index (χ3v) is 2.27. The van der Waals surface area contributed by atoms with Crippen LogP contribution in [0.15, 0.2) is 12.1 Å². The van der Waals surface area contributed by atoms with E-state index in [2.05, 4.69) is 15.2 Å². The number of likely N-dealkylation sites (N-methyl/N-ethyl adjacent to an activating group) is 1. The molecule has 6 nitrogen and oxygen atoms in total. The SMILES string of the molecule is CN(C)CCOCCNc1ccc(N)c(C#N)n1.